The number of likely N-dealkylation sites (N-methyl/N-ethyl adjacent to an activating group) is 2. The Bertz CT molecular complexity index is 2390. The average Bonchev–Trinajstić information content (AvgIpc) is 3.30. The van der Waals surface area contributed by atoms with E-state index in [1.54, 1.807) is 32.0 Å². The lowest BCUT2D eigenvalue weighted by Gasteiger charge is -2.36. The van der Waals surface area contributed by atoms with Crippen LogP contribution >= 0.6 is 15.9 Å². The molecule has 63 heavy (non-hydrogen) atoms. The van der Waals surface area contributed by atoms with Crippen LogP contribution in [0.2, 0.25) is 0 Å². The van der Waals surface area contributed by atoms with E-state index < -0.39 is 23.6 Å². The van der Waals surface area contributed by atoms with Gasteiger partial charge in [0, 0.05) is 97.3 Å². The molecule has 0 aliphatic carbocycles. The first-order chi connectivity index (χ1) is 30.3. The molecule has 13 nitrogen and oxygen atoms in total. The molecule has 4 aromatic carbocycles. The number of piperazine rings is 2. The lowest BCUT2D eigenvalue weighted by molar-refractivity contribution is 0.0591. The largest absolute Gasteiger partial charge is 0.465 e. The number of carbonyl (C=O) groups is 4. The van der Waals surface area contributed by atoms with Crippen LogP contribution < -0.4 is 9.80 Å². The van der Waals surface area contributed by atoms with E-state index in [2.05, 4.69) is 40.2 Å². The minimum Gasteiger partial charge on any atom is -0.465 e. The molecule has 4 amide bonds. The highest BCUT2D eigenvalue weighted by Gasteiger charge is 2.28. The van der Waals surface area contributed by atoms with Crippen LogP contribution in [-0.4, -0.2) is 129 Å². The van der Waals surface area contributed by atoms with Gasteiger partial charge in [0.25, 0.3) is 0 Å². The molecule has 0 bridgehead atoms. The molecule has 0 saturated carbocycles. The Morgan fingerprint density at radius 2 is 1.06 bits per heavy atom. The van der Waals surface area contributed by atoms with E-state index in [4.69, 9.17) is 0 Å². The van der Waals surface area contributed by atoms with Crippen molar-refractivity contribution in [3.05, 3.63) is 148 Å². The van der Waals surface area contributed by atoms with Crippen molar-refractivity contribution in [2.24, 2.45) is 0 Å². The number of amides is 4. The summed E-state index contributed by atoms with van der Waals surface area (Å²) in [5, 5.41) is 0. The first-order valence-corrected chi connectivity index (χ1v) is 21.1. The van der Waals surface area contributed by atoms with Gasteiger partial charge < -0.3 is 29.1 Å². The second-order valence-electron chi connectivity index (χ2n) is 15.2. The van der Waals surface area contributed by atoms with E-state index in [9.17, 15) is 28.0 Å². The zero-order valence-electron chi connectivity index (χ0n) is 35.7. The van der Waals surface area contributed by atoms with Crippen LogP contribution in [0.4, 0.5) is 29.7 Å². The number of halogens is 3. The summed E-state index contributed by atoms with van der Waals surface area (Å²) in [7, 11) is 6.54. The predicted octanol–water partition coefficient (Wildman–Crippen LogP) is 7.80. The van der Waals surface area contributed by atoms with Crippen molar-refractivity contribution in [2.75, 3.05) is 90.5 Å². The summed E-state index contributed by atoms with van der Waals surface area (Å²) in [5.41, 5.74) is 4.03. The Labute approximate surface area is 374 Å². The third-order valence-electron chi connectivity index (χ3n) is 10.9. The van der Waals surface area contributed by atoms with Crippen molar-refractivity contribution >= 4 is 51.3 Å². The van der Waals surface area contributed by atoms with Gasteiger partial charge in [-0.1, -0.05) is 52.3 Å². The predicted molar refractivity (Wildman–Crippen MR) is 241 cm³/mol. The van der Waals surface area contributed by atoms with E-state index >= 15 is 0 Å². The number of esters is 2. The molecule has 0 spiro atoms. The first kappa shape index (κ1) is 46.3. The molecule has 7 rings (SSSR count). The summed E-state index contributed by atoms with van der Waals surface area (Å²) in [4.78, 5) is 65.5. The standard InChI is InChI=1S/C26H27FN4O3.C21H23BrFN3O3/c1-29-11-13-30(14-12-29)26(33)31(18-22-9-8-20(16-24(22)27)25(32)34-2)23-7-3-5-19(15-23)21-6-4-10-28-17-21;1-24-8-10-25(11-9-24)21(28)26(18-5-3-4-17(22)13-18)14-16-7-6-15(12-19(16)23)20(27)29-2/h3-10,15-17H,11-14,18H2,1-2H3;3-7,12-13H,8-11,14H2,1-2H3. The van der Waals surface area contributed by atoms with Gasteiger partial charge >= 0.3 is 24.0 Å². The molecule has 2 saturated heterocycles. The molecule has 5 aromatic rings. The molecule has 2 aliphatic rings. The maximum atomic E-state index is 14.9. The normalized spacial score (nSPS) is 14.3. The van der Waals surface area contributed by atoms with Crippen molar-refractivity contribution in [2.45, 2.75) is 13.1 Å². The number of urea groups is 2. The number of rotatable bonds is 9. The van der Waals surface area contributed by atoms with Crippen molar-refractivity contribution in [3.63, 3.8) is 0 Å². The van der Waals surface area contributed by atoms with Gasteiger partial charge in [0.2, 0.25) is 0 Å². The summed E-state index contributed by atoms with van der Waals surface area (Å²) in [6.07, 6.45) is 3.47. The zero-order valence-corrected chi connectivity index (χ0v) is 37.3. The molecular weight excluding hydrogens is 876 g/mol. The molecule has 1 aromatic heterocycles. The summed E-state index contributed by atoms with van der Waals surface area (Å²) >= 11 is 3.43. The fourth-order valence-corrected chi connectivity index (χ4v) is 7.48. The zero-order chi connectivity index (χ0) is 45.0. The number of methoxy groups -OCH3 is 2. The Kier molecular flexibility index (Phi) is 16.0. The van der Waals surface area contributed by atoms with Gasteiger partial charge in [0.15, 0.2) is 0 Å². The Morgan fingerprint density at radius 3 is 1.49 bits per heavy atom. The lowest BCUT2D eigenvalue weighted by Crippen LogP contribution is -2.52. The topological polar surface area (TPSA) is 119 Å². The fraction of sp³-hybridized carbons (Fsp3) is 0.298. The monoisotopic (exact) mass is 925 g/mol. The minimum absolute atomic E-state index is 0.0228. The van der Waals surface area contributed by atoms with Crippen LogP contribution in [0.1, 0.15) is 31.8 Å². The smallest absolute Gasteiger partial charge is 0.337 e. The number of ether oxygens (including phenoxy) is 2. The number of carbonyl (C=O) groups excluding carboxylic acids is 4. The van der Waals surface area contributed by atoms with E-state index in [-0.39, 0.29) is 36.3 Å². The first-order valence-electron chi connectivity index (χ1n) is 20.3. The third kappa shape index (κ3) is 12.0. The van der Waals surface area contributed by atoms with Gasteiger partial charge in [0.1, 0.15) is 11.6 Å². The molecule has 16 heteroatoms. The van der Waals surface area contributed by atoms with Crippen molar-refractivity contribution in [1.82, 2.24) is 24.6 Å². The van der Waals surface area contributed by atoms with Gasteiger partial charge in [0.05, 0.1) is 38.4 Å². The summed E-state index contributed by atoms with van der Waals surface area (Å²) in [6, 6.07) is 26.7. The van der Waals surface area contributed by atoms with Crippen molar-refractivity contribution < 1.29 is 37.4 Å². The number of nitrogens with zero attached hydrogens (tertiary/aromatic N) is 7. The second kappa shape index (κ2) is 21.7. The molecule has 0 N–H and O–H groups in total. The van der Waals surface area contributed by atoms with E-state index in [0.717, 1.165) is 53.9 Å². The van der Waals surface area contributed by atoms with E-state index in [0.29, 0.717) is 48.7 Å². The number of anilines is 2. The SMILES string of the molecule is COC(=O)c1ccc(CN(C(=O)N2CCN(C)CC2)c2cccc(-c3cccnc3)c2)c(F)c1.COC(=O)c1ccc(CN(C(=O)N2CCN(C)CC2)c2cccc(Br)c2)c(F)c1. The molecule has 2 fully saturated rings. The maximum Gasteiger partial charge on any atom is 0.337 e. The van der Waals surface area contributed by atoms with Crippen LogP contribution in [0.3, 0.4) is 0 Å². The summed E-state index contributed by atoms with van der Waals surface area (Å²) in [6.45, 7) is 5.63. The molecule has 2 aliphatic heterocycles. The Hall–Kier alpha value is -6.23. The number of hydrogen-bond donors (Lipinski definition) is 0. The summed E-state index contributed by atoms with van der Waals surface area (Å²) in [5.74, 6) is -2.34. The van der Waals surface area contributed by atoms with Crippen molar-refractivity contribution in [1.29, 1.82) is 0 Å². The Morgan fingerprint density at radius 1 is 0.603 bits per heavy atom. The molecule has 3 heterocycles. The molecular formula is C47H50BrF2N7O6. The Balaban J connectivity index is 0.000000213. The number of pyridine rings is 1. The van der Waals surface area contributed by atoms with Gasteiger partial charge in [-0.3, -0.25) is 14.8 Å². The van der Waals surface area contributed by atoms with E-state index in [1.165, 1.54) is 38.5 Å². The summed E-state index contributed by atoms with van der Waals surface area (Å²) < 4.78 is 39.8. The van der Waals surface area contributed by atoms with Gasteiger partial charge in [-0.05, 0) is 80.3 Å². The maximum absolute atomic E-state index is 14.9. The number of aromatic nitrogens is 1. The number of hydrogen-bond acceptors (Lipinski definition) is 9. The van der Waals surface area contributed by atoms with Gasteiger partial charge in [-0.25, -0.2) is 28.0 Å². The molecule has 0 unspecified atom stereocenters. The quantitative estimate of drug-likeness (QED) is 0.137. The lowest BCUT2D eigenvalue weighted by atomic mass is 10.1. The minimum atomic E-state index is -0.611. The highest BCUT2D eigenvalue weighted by atomic mass is 79.9. The highest BCUT2D eigenvalue weighted by Crippen LogP contribution is 2.28. The van der Waals surface area contributed by atoms with Crippen LogP contribution in [0, 0.1) is 11.6 Å². The number of benzene rings is 4. The van der Waals surface area contributed by atoms with Gasteiger partial charge in [-0.2, -0.15) is 0 Å². The van der Waals surface area contributed by atoms with Crippen LogP contribution in [0.15, 0.2) is 114 Å². The van der Waals surface area contributed by atoms with Crippen LogP contribution in [0.25, 0.3) is 11.1 Å². The second-order valence-corrected chi connectivity index (χ2v) is 16.1. The molecule has 330 valence electrons. The molecule has 0 atom stereocenters. The van der Waals surface area contributed by atoms with Crippen molar-refractivity contribution in [3.8, 4) is 11.1 Å². The molecule has 0 radical (unpaired) electrons. The highest BCUT2D eigenvalue weighted by molar-refractivity contribution is 9.10. The van der Waals surface area contributed by atoms with E-state index in [1.807, 2.05) is 74.8 Å². The van der Waals surface area contributed by atoms with Crippen LogP contribution in [-0.2, 0) is 22.6 Å². The average molecular weight is 927 g/mol. The fourth-order valence-electron chi connectivity index (χ4n) is 7.09. The van der Waals surface area contributed by atoms with Gasteiger partial charge in [-0.15, -0.1) is 0 Å². The van der Waals surface area contributed by atoms with Crippen LogP contribution in [0.5, 0.6) is 0 Å². The third-order valence-corrected chi connectivity index (χ3v) is 11.4.